The van der Waals surface area contributed by atoms with Crippen molar-refractivity contribution in [3.05, 3.63) is 59.7 Å². The summed E-state index contributed by atoms with van der Waals surface area (Å²) < 4.78 is 10.9. The molecule has 2 aromatic heterocycles. The molecule has 0 bridgehead atoms. The molecule has 0 aliphatic carbocycles. The fourth-order valence-electron chi connectivity index (χ4n) is 3.95. The average molecular weight is 424 g/mol. The number of aromatic amines is 1. The van der Waals surface area contributed by atoms with Gasteiger partial charge in [0.15, 0.2) is 5.96 Å². The smallest absolute Gasteiger partial charge is 0.191 e. The minimum Gasteiger partial charge on any atom is -0.469 e. The minimum absolute atomic E-state index is 0.766. The van der Waals surface area contributed by atoms with E-state index in [1.54, 1.807) is 6.26 Å². The normalized spacial score (nSPS) is 15.5. The summed E-state index contributed by atoms with van der Waals surface area (Å²) in [6.45, 7) is 9.09. The van der Waals surface area contributed by atoms with Gasteiger partial charge in [-0.25, -0.2) is 0 Å². The van der Waals surface area contributed by atoms with E-state index in [2.05, 4.69) is 51.8 Å². The summed E-state index contributed by atoms with van der Waals surface area (Å²) in [6, 6.07) is 10.4. The fourth-order valence-corrected chi connectivity index (χ4v) is 3.95. The number of ether oxygens (including phenoxy) is 1. The van der Waals surface area contributed by atoms with E-state index in [4.69, 9.17) is 14.1 Å². The molecule has 0 unspecified atom stereocenters. The third-order valence-corrected chi connectivity index (χ3v) is 5.73. The molecule has 3 N–H and O–H groups in total. The summed E-state index contributed by atoms with van der Waals surface area (Å²) in [5.74, 6) is 1.84. The number of hydrogen-bond acceptors (Lipinski definition) is 4. The first kappa shape index (κ1) is 21.5. The van der Waals surface area contributed by atoms with Crippen LogP contribution in [-0.4, -0.2) is 68.3 Å². The van der Waals surface area contributed by atoms with Gasteiger partial charge in [-0.15, -0.1) is 0 Å². The van der Waals surface area contributed by atoms with Gasteiger partial charge in [0.05, 0.1) is 26.0 Å². The van der Waals surface area contributed by atoms with Gasteiger partial charge in [0.2, 0.25) is 0 Å². The Morgan fingerprint density at radius 3 is 2.74 bits per heavy atom. The summed E-state index contributed by atoms with van der Waals surface area (Å²) in [5, 5.41) is 8.26. The average Bonchev–Trinajstić information content (AvgIpc) is 3.45. The molecule has 0 amide bonds. The molecule has 1 saturated heterocycles. The fraction of sp³-hybridized carbons (Fsp3) is 0.458. The Balaban J connectivity index is 1.30. The van der Waals surface area contributed by atoms with Gasteiger partial charge in [0.25, 0.3) is 0 Å². The number of aromatic nitrogens is 1. The van der Waals surface area contributed by atoms with Crippen LogP contribution in [0, 0.1) is 6.92 Å². The lowest BCUT2D eigenvalue weighted by Crippen LogP contribution is -2.41. The van der Waals surface area contributed by atoms with E-state index in [0.717, 1.165) is 77.0 Å². The number of benzene rings is 1. The molecular formula is C24H33N5O2. The Morgan fingerprint density at radius 2 is 1.94 bits per heavy atom. The number of morpholine rings is 1. The van der Waals surface area contributed by atoms with E-state index in [1.807, 2.05) is 12.1 Å². The summed E-state index contributed by atoms with van der Waals surface area (Å²) in [6.07, 6.45) is 5.61. The molecule has 166 valence electrons. The van der Waals surface area contributed by atoms with Crippen molar-refractivity contribution in [1.29, 1.82) is 0 Å². The molecule has 7 heteroatoms. The number of guanidine groups is 1. The van der Waals surface area contributed by atoms with Crippen molar-refractivity contribution in [2.45, 2.75) is 19.8 Å². The summed E-state index contributed by atoms with van der Waals surface area (Å²) in [7, 11) is 0. The van der Waals surface area contributed by atoms with Crippen molar-refractivity contribution in [3.8, 4) is 0 Å². The van der Waals surface area contributed by atoms with Crippen molar-refractivity contribution >= 4 is 16.9 Å². The molecule has 1 aromatic carbocycles. The van der Waals surface area contributed by atoms with Crippen LogP contribution in [0.1, 0.15) is 16.9 Å². The molecule has 4 rings (SSSR count). The van der Waals surface area contributed by atoms with E-state index in [-0.39, 0.29) is 0 Å². The Labute approximate surface area is 183 Å². The van der Waals surface area contributed by atoms with Crippen LogP contribution in [0.2, 0.25) is 0 Å². The van der Waals surface area contributed by atoms with Crippen LogP contribution in [0.15, 0.2) is 52.2 Å². The molecule has 0 radical (unpaired) electrons. The zero-order chi connectivity index (χ0) is 21.3. The summed E-state index contributed by atoms with van der Waals surface area (Å²) >= 11 is 0. The lowest BCUT2D eigenvalue weighted by molar-refractivity contribution is 0.0394. The van der Waals surface area contributed by atoms with Gasteiger partial charge < -0.3 is 24.8 Å². The first-order valence-corrected chi connectivity index (χ1v) is 11.2. The monoisotopic (exact) mass is 423 g/mol. The van der Waals surface area contributed by atoms with Crippen molar-refractivity contribution < 1.29 is 9.15 Å². The first-order valence-electron chi connectivity index (χ1n) is 11.2. The molecule has 1 aliphatic rings. The third kappa shape index (κ3) is 6.12. The molecule has 31 heavy (non-hydrogen) atoms. The molecule has 1 fully saturated rings. The van der Waals surface area contributed by atoms with Gasteiger partial charge in [-0.1, -0.05) is 18.2 Å². The minimum atomic E-state index is 0.766. The van der Waals surface area contributed by atoms with E-state index in [9.17, 15) is 0 Å². The van der Waals surface area contributed by atoms with E-state index >= 15 is 0 Å². The number of hydrogen-bond donors (Lipinski definition) is 3. The number of aryl methyl sites for hydroxylation is 1. The standard InChI is InChI=1S/C24H33N5O2/c1-19-4-2-6-22-20(18-28-23(19)22)7-9-25-24(26-10-8-21-5-3-15-31-21)27-11-12-29-13-16-30-17-14-29/h2-6,15,18,28H,7-14,16-17H2,1H3,(H2,25,26,27). The van der Waals surface area contributed by atoms with Crippen LogP contribution in [0.3, 0.4) is 0 Å². The highest BCUT2D eigenvalue weighted by molar-refractivity contribution is 5.86. The van der Waals surface area contributed by atoms with Crippen molar-refractivity contribution in [2.24, 2.45) is 4.99 Å². The molecule has 1 aliphatic heterocycles. The van der Waals surface area contributed by atoms with Crippen LogP contribution in [0.25, 0.3) is 10.9 Å². The van der Waals surface area contributed by atoms with Crippen LogP contribution in [0.5, 0.6) is 0 Å². The third-order valence-electron chi connectivity index (χ3n) is 5.73. The summed E-state index contributed by atoms with van der Waals surface area (Å²) in [5.41, 5.74) is 3.84. The maximum absolute atomic E-state index is 5.43. The number of rotatable bonds is 9. The van der Waals surface area contributed by atoms with Gasteiger partial charge in [-0.3, -0.25) is 9.89 Å². The summed E-state index contributed by atoms with van der Waals surface area (Å²) in [4.78, 5) is 10.6. The van der Waals surface area contributed by atoms with Gasteiger partial charge in [-0.2, -0.15) is 0 Å². The Bertz CT molecular complexity index is 958. The molecule has 3 aromatic rings. The van der Waals surface area contributed by atoms with E-state index in [0.29, 0.717) is 0 Å². The first-order chi connectivity index (χ1) is 15.3. The van der Waals surface area contributed by atoms with Gasteiger partial charge in [0.1, 0.15) is 5.76 Å². The highest BCUT2D eigenvalue weighted by Crippen LogP contribution is 2.21. The zero-order valence-electron chi connectivity index (χ0n) is 18.3. The second-order valence-corrected chi connectivity index (χ2v) is 7.93. The predicted molar refractivity (Wildman–Crippen MR) is 125 cm³/mol. The van der Waals surface area contributed by atoms with Crippen LogP contribution < -0.4 is 10.6 Å². The number of fused-ring (bicyclic) bond motifs is 1. The predicted octanol–water partition coefficient (Wildman–Crippen LogP) is 2.72. The van der Waals surface area contributed by atoms with Gasteiger partial charge >= 0.3 is 0 Å². The van der Waals surface area contributed by atoms with Crippen molar-refractivity contribution in [2.75, 3.05) is 52.5 Å². The number of para-hydroxylation sites is 1. The molecule has 7 nitrogen and oxygen atoms in total. The Morgan fingerprint density at radius 1 is 1.10 bits per heavy atom. The number of nitrogens with one attached hydrogen (secondary N) is 3. The van der Waals surface area contributed by atoms with E-state index in [1.165, 1.54) is 22.0 Å². The second kappa shape index (κ2) is 11.0. The second-order valence-electron chi connectivity index (χ2n) is 7.93. The number of nitrogens with zero attached hydrogens (tertiary/aromatic N) is 2. The number of H-pyrrole nitrogens is 1. The molecule has 0 saturated carbocycles. The molecular weight excluding hydrogens is 390 g/mol. The number of furan rings is 1. The van der Waals surface area contributed by atoms with Crippen LogP contribution >= 0.6 is 0 Å². The van der Waals surface area contributed by atoms with Gasteiger partial charge in [0, 0.05) is 56.2 Å². The maximum atomic E-state index is 5.43. The Hall–Kier alpha value is -2.77. The molecule has 0 atom stereocenters. The number of aliphatic imine (C=N–C) groups is 1. The topological polar surface area (TPSA) is 77.8 Å². The Kier molecular flexibility index (Phi) is 7.63. The molecule has 3 heterocycles. The lowest BCUT2D eigenvalue weighted by atomic mass is 10.1. The van der Waals surface area contributed by atoms with Crippen molar-refractivity contribution in [3.63, 3.8) is 0 Å². The zero-order valence-corrected chi connectivity index (χ0v) is 18.3. The lowest BCUT2D eigenvalue weighted by Gasteiger charge is -2.25. The highest BCUT2D eigenvalue weighted by atomic mass is 16.5. The van der Waals surface area contributed by atoms with Crippen molar-refractivity contribution in [1.82, 2.24) is 20.5 Å². The molecule has 0 spiro atoms. The van der Waals surface area contributed by atoms with E-state index < -0.39 is 0 Å². The maximum Gasteiger partial charge on any atom is 0.191 e. The van der Waals surface area contributed by atoms with Crippen LogP contribution in [0.4, 0.5) is 0 Å². The van der Waals surface area contributed by atoms with Gasteiger partial charge in [-0.05, 0) is 36.6 Å². The largest absolute Gasteiger partial charge is 0.469 e. The quantitative estimate of drug-likeness (QED) is 0.364. The SMILES string of the molecule is Cc1cccc2c(CCNC(=NCCN3CCOCC3)NCCc3ccco3)c[nH]c12. The highest BCUT2D eigenvalue weighted by Gasteiger charge is 2.10. The van der Waals surface area contributed by atoms with Crippen LogP contribution in [-0.2, 0) is 17.6 Å².